The summed E-state index contributed by atoms with van der Waals surface area (Å²) in [5, 5.41) is 6.31. The quantitative estimate of drug-likeness (QED) is 0.807. The molecule has 0 radical (unpaired) electrons. The lowest BCUT2D eigenvalue weighted by Crippen LogP contribution is -2.36. The van der Waals surface area contributed by atoms with Crippen LogP contribution in [-0.2, 0) is 11.2 Å². The molecular formula is C14H20N2O. The predicted molar refractivity (Wildman–Crippen MR) is 68.8 cm³/mol. The predicted octanol–water partition coefficient (Wildman–Crippen LogP) is 1.49. The van der Waals surface area contributed by atoms with Crippen LogP contribution < -0.4 is 10.6 Å². The molecule has 0 bridgehead atoms. The van der Waals surface area contributed by atoms with Crippen LogP contribution in [-0.4, -0.2) is 25.0 Å². The molecule has 3 nitrogen and oxygen atoms in total. The van der Waals surface area contributed by atoms with E-state index in [0.29, 0.717) is 12.5 Å². The third kappa shape index (κ3) is 4.19. The van der Waals surface area contributed by atoms with Gasteiger partial charge in [-0.1, -0.05) is 30.3 Å². The maximum absolute atomic E-state index is 11.7. The van der Waals surface area contributed by atoms with Gasteiger partial charge >= 0.3 is 0 Å². The first-order valence-corrected chi connectivity index (χ1v) is 6.38. The minimum atomic E-state index is 0.189. The van der Waals surface area contributed by atoms with Crippen LogP contribution in [0.3, 0.4) is 0 Å². The molecule has 1 saturated heterocycles. The van der Waals surface area contributed by atoms with Crippen LogP contribution >= 0.6 is 0 Å². The van der Waals surface area contributed by atoms with Crippen LogP contribution in [0.2, 0.25) is 0 Å². The number of hydrogen-bond donors (Lipinski definition) is 2. The summed E-state index contributed by atoms with van der Waals surface area (Å²) in [7, 11) is 0. The van der Waals surface area contributed by atoms with Crippen LogP contribution in [0.5, 0.6) is 0 Å². The highest BCUT2D eigenvalue weighted by molar-refractivity contribution is 5.76. The minimum absolute atomic E-state index is 0.189. The van der Waals surface area contributed by atoms with Crippen molar-refractivity contribution in [2.75, 3.05) is 13.1 Å². The number of benzene rings is 1. The molecule has 1 aromatic carbocycles. The maximum Gasteiger partial charge on any atom is 0.220 e. The lowest BCUT2D eigenvalue weighted by Gasteiger charge is -2.10. The number of hydrogen-bond acceptors (Lipinski definition) is 2. The topological polar surface area (TPSA) is 41.1 Å². The van der Waals surface area contributed by atoms with Crippen molar-refractivity contribution in [3.05, 3.63) is 35.9 Å². The fourth-order valence-corrected chi connectivity index (χ4v) is 2.18. The smallest absolute Gasteiger partial charge is 0.220 e. The molecule has 92 valence electrons. The molecule has 0 saturated carbocycles. The lowest BCUT2D eigenvalue weighted by atomic mass is 10.1. The summed E-state index contributed by atoms with van der Waals surface area (Å²) in [5.41, 5.74) is 1.31. The van der Waals surface area contributed by atoms with Gasteiger partial charge in [0.25, 0.3) is 0 Å². The van der Waals surface area contributed by atoms with E-state index in [1.807, 2.05) is 18.2 Å². The van der Waals surface area contributed by atoms with Gasteiger partial charge in [0.15, 0.2) is 0 Å². The van der Waals surface area contributed by atoms with Gasteiger partial charge in [0, 0.05) is 19.0 Å². The normalized spacial score (nSPS) is 19.2. The summed E-state index contributed by atoms with van der Waals surface area (Å²) in [5.74, 6) is 0.189. The number of carbonyl (C=O) groups is 1. The Morgan fingerprint density at radius 2 is 2.18 bits per heavy atom. The fourth-order valence-electron chi connectivity index (χ4n) is 2.18. The van der Waals surface area contributed by atoms with Crippen LogP contribution in [0, 0.1) is 0 Å². The van der Waals surface area contributed by atoms with Crippen molar-refractivity contribution < 1.29 is 4.79 Å². The molecule has 0 aliphatic carbocycles. The van der Waals surface area contributed by atoms with Gasteiger partial charge in [0.05, 0.1) is 0 Å². The zero-order valence-electron chi connectivity index (χ0n) is 10.1. The summed E-state index contributed by atoms with van der Waals surface area (Å²) in [6, 6.07) is 10.7. The largest absolute Gasteiger partial charge is 0.352 e. The third-order valence-corrected chi connectivity index (χ3v) is 3.14. The summed E-state index contributed by atoms with van der Waals surface area (Å²) in [6.45, 7) is 1.94. The fraction of sp³-hybridized carbons (Fsp3) is 0.500. The minimum Gasteiger partial charge on any atom is -0.352 e. The second-order valence-electron chi connectivity index (χ2n) is 4.60. The van der Waals surface area contributed by atoms with Crippen molar-refractivity contribution in [1.29, 1.82) is 0 Å². The number of carbonyl (C=O) groups excluding carboxylic acids is 1. The molecule has 1 amide bonds. The van der Waals surface area contributed by atoms with E-state index in [4.69, 9.17) is 0 Å². The Hall–Kier alpha value is -1.35. The van der Waals surface area contributed by atoms with Crippen LogP contribution in [0.25, 0.3) is 0 Å². The Balaban J connectivity index is 1.63. The molecule has 2 N–H and O–H groups in total. The van der Waals surface area contributed by atoms with E-state index in [9.17, 15) is 4.79 Å². The van der Waals surface area contributed by atoms with Crippen molar-refractivity contribution in [3.63, 3.8) is 0 Å². The monoisotopic (exact) mass is 232 g/mol. The van der Waals surface area contributed by atoms with Gasteiger partial charge < -0.3 is 10.6 Å². The molecule has 1 aliphatic rings. The lowest BCUT2D eigenvalue weighted by molar-refractivity contribution is -0.121. The van der Waals surface area contributed by atoms with Gasteiger partial charge in [-0.05, 0) is 31.4 Å². The Morgan fingerprint density at radius 1 is 1.35 bits per heavy atom. The Morgan fingerprint density at radius 3 is 2.88 bits per heavy atom. The van der Waals surface area contributed by atoms with Gasteiger partial charge in [-0.3, -0.25) is 4.79 Å². The summed E-state index contributed by atoms with van der Waals surface area (Å²) in [6.07, 6.45) is 3.60. The number of amides is 1. The van der Waals surface area contributed by atoms with E-state index in [0.717, 1.165) is 32.4 Å². The van der Waals surface area contributed by atoms with Crippen LogP contribution in [0.1, 0.15) is 24.8 Å². The molecule has 1 atom stereocenters. The summed E-state index contributed by atoms with van der Waals surface area (Å²) >= 11 is 0. The van der Waals surface area contributed by atoms with Crippen molar-refractivity contribution in [2.45, 2.75) is 31.7 Å². The Kier molecular flexibility index (Phi) is 4.56. The maximum atomic E-state index is 11.7. The van der Waals surface area contributed by atoms with E-state index < -0.39 is 0 Å². The first kappa shape index (κ1) is 12.1. The average Bonchev–Trinajstić information content (AvgIpc) is 2.83. The highest BCUT2D eigenvalue weighted by Gasteiger charge is 2.15. The molecule has 1 unspecified atom stereocenters. The second-order valence-corrected chi connectivity index (χ2v) is 4.60. The Labute approximate surface area is 103 Å². The van der Waals surface area contributed by atoms with Crippen molar-refractivity contribution >= 4 is 5.91 Å². The zero-order chi connectivity index (χ0) is 11.9. The first-order chi connectivity index (χ1) is 8.34. The van der Waals surface area contributed by atoms with Gasteiger partial charge in [0.1, 0.15) is 0 Å². The number of rotatable bonds is 5. The SMILES string of the molecule is O=C(CCCc1ccccc1)NC1CCNC1. The highest BCUT2D eigenvalue weighted by atomic mass is 16.1. The zero-order valence-corrected chi connectivity index (χ0v) is 10.1. The third-order valence-electron chi connectivity index (χ3n) is 3.14. The summed E-state index contributed by atoms with van der Waals surface area (Å²) in [4.78, 5) is 11.7. The first-order valence-electron chi connectivity index (χ1n) is 6.38. The molecule has 2 rings (SSSR count). The highest BCUT2D eigenvalue weighted by Crippen LogP contribution is 2.05. The van der Waals surface area contributed by atoms with Crippen molar-refractivity contribution in [2.24, 2.45) is 0 Å². The molecule has 1 fully saturated rings. The molecule has 1 aliphatic heterocycles. The van der Waals surface area contributed by atoms with E-state index in [1.54, 1.807) is 0 Å². The Bertz CT molecular complexity index is 344. The van der Waals surface area contributed by atoms with Gasteiger partial charge in [-0.15, -0.1) is 0 Å². The van der Waals surface area contributed by atoms with Crippen LogP contribution in [0.4, 0.5) is 0 Å². The molecule has 1 heterocycles. The average molecular weight is 232 g/mol. The number of aryl methyl sites for hydroxylation is 1. The van der Waals surface area contributed by atoms with E-state index >= 15 is 0 Å². The van der Waals surface area contributed by atoms with Crippen molar-refractivity contribution in [3.8, 4) is 0 Å². The van der Waals surface area contributed by atoms with E-state index in [-0.39, 0.29) is 5.91 Å². The molecule has 3 heteroatoms. The second kappa shape index (κ2) is 6.40. The van der Waals surface area contributed by atoms with Gasteiger partial charge in [0.2, 0.25) is 5.91 Å². The van der Waals surface area contributed by atoms with Gasteiger partial charge in [-0.2, -0.15) is 0 Å². The van der Waals surface area contributed by atoms with Crippen molar-refractivity contribution in [1.82, 2.24) is 10.6 Å². The molecule has 17 heavy (non-hydrogen) atoms. The number of nitrogens with one attached hydrogen (secondary N) is 2. The summed E-state index contributed by atoms with van der Waals surface area (Å²) < 4.78 is 0. The standard InChI is InChI=1S/C14H20N2O/c17-14(16-13-9-10-15-11-13)8-4-7-12-5-2-1-3-6-12/h1-3,5-6,13,15H,4,7-11H2,(H,16,17). The van der Waals surface area contributed by atoms with E-state index in [1.165, 1.54) is 5.56 Å². The van der Waals surface area contributed by atoms with Crippen LogP contribution in [0.15, 0.2) is 30.3 Å². The molecule has 0 aromatic heterocycles. The molecule has 0 spiro atoms. The molecular weight excluding hydrogens is 212 g/mol. The molecule has 1 aromatic rings. The van der Waals surface area contributed by atoms with Gasteiger partial charge in [-0.25, -0.2) is 0 Å². The van der Waals surface area contributed by atoms with E-state index in [2.05, 4.69) is 22.8 Å².